The van der Waals surface area contributed by atoms with E-state index in [1.165, 1.54) is 36.0 Å². The molecule has 35 heavy (non-hydrogen) atoms. The molecule has 0 saturated heterocycles. The third-order valence-electron chi connectivity index (χ3n) is 5.21. The molecule has 0 radical (unpaired) electrons. The van der Waals surface area contributed by atoms with E-state index in [9.17, 15) is 19.7 Å². The molecule has 1 atom stereocenters. The van der Waals surface area contributed by atoms with Gasteiger partial charge in [-0.3, -0.25) is 19.7 Å². The highest BCUT2D eigenvalue weighted by Gasteiger charge is 2.26. The lowest BCUT2D eigenvalue weighted by Crippen LogP contribution is -2.33. The molecule has 0 aliphatic rings. The fraction of sp³-hybridized carbons (Fsp3) is 0.304. The van der Waals surface area contributed by atoms with Crippen molar-refractivity contribution in [1.82, 2.24) is 20.1 Å². The van der Waals surface area contributed by atoms with Crippen LogP contribution in [0.5, 0.6) is 0 Å². The molecule has 0 saturated carbocycles. The van der Waals surface area contributed by atoms with Crippen molar-refractivity contribution in [3.05, 3.63) is 73.1 Å². The van der Waals surface area contributed by atoms with Crippen molar-refractivity contribution in [2.24, 2.45) is 13.0 Å². The van der Waals surface area contributed by atoms with Crippen LogP contribution in [0.4, 0.5) is 11.4 Å². The van der Waals surface area contributed by atoms with Crippen molar-refractivity contribution in [1.29, 1.82) is 0 Å². The first-order valence-electron chi connectivity index (χ1n) is 10.7. The van der Waals surface area contributed by atoms with Crippen LogP contribution in [0.25, 0.3) is 0 Å². The van der Waals surface area contributed by atoms with Crippen molar-refractivity contribution < 1.29 is 14.5 Å². The summed E-state index contributed by atoms with van der Waals surface area (Å²) in [5, 5.41) is 25.8. The smallest absolute Gasteiger partial charge is 0.270 e. The Balaban J connectivity index is 1.69. The number of halogens is 1. The van der Waals surface area contributed by atoms with Crippen LogP contribution < -0.4 is 10.6 Å². The number of nitrogens with one attached hydrogen (secondary N) is 2. The number of nitro groups is 1. The first-order valence-corrected chi connectivity index (χ1v) is 12.8. The quantitative estimate of drug-likeness (QED) is 0.158. The largest absolute Gasteiger partial charge is 0.342 e. The highest BCUT2D eigenvalue weighted by Crippen LogP contribution is 2.25. The van der Waals surface area contributed by atoms with Gasteiger partial charge in [-0.05, 0) is 65.3 Å². The second-order valence-corrected chi connectivity index (χ2v) is 10.4. The van der Waals surface area contributed by atoms with Crippen molar-refractivity contribution in [2.45, 2.75) is 32.0 Å². The normalized spacial score (nSPS) is 11.8. The third-order valence-corrected chi connectivity index (χ3v) is 6.91. The predicted molar refractivity (Wildman–Crippen MR) is 142 cm³/mol. The number of amides is 2. The SMILES string of the molecule is Cc1cc(I)ccc1NC(=O)CSc1nnc([C@@H](NC(=O)c2cccc([N+](=O)[O-])c2)C(C)C)n1C. The summed E-state index contributed by atoms with van der Waals surface area (Å²) in [6.45, 7) is 5.79. The van der Waals surface area contributed by atoms with E-state index in [1.807, 2.05) is 39.0 Å². The molecule has 0 spiro atoms. The van der Waals surface area contributed by atoms with E-state index in [4.69, 9.17) is 0 Å². The van der Waals surface area contributed by atoms with Gasteiger partial charge in [-0.15, -0.1) is 10.2 Å². The van der Waals surface area contributed by atoms with Crippen molar-refractivity contribution in [3.63, 3.8) is 0 Å². The minimum absolute atomic E-state index is 0.0365. The number of nitrogens with zero attached hydrogens (tertiary/aromatic N) is 4. The monoisotopic (exact) mass is 608 g/mol. The van der Waals surface area contributed by atoms with Crippen LogP contribution in [-0.4, -0.2) is 37.3 Å². The zero-order valence-electron chi connectivity index (χ0n) is 19.6. The fourth-order valence-corrected chi connectivity index (χ4v) is 4.69. The van der Waals surface area contributed by atoms with E-state index in [1.54, 1.807) is 11.6 Å². The molecule has 1 heterocycles. The Morgan fingerprint density at radius 1 is 1.20 bits per heavy atom. The number of carbonyl (C=O) groups excluding carboxylic acids is 2. The van der Waals surface area contributed by atoms with E-state index in [-0.39, 0.29) is 28.8 Å². The number of aryl methyl sites for hydroxylation is 1. The summed E-state index contributed by atoms with van der Waals surface area (Å²) in [5.74, 6) is 0.0184. The molecule has 3 aromatic rings. The van der Waals surface area contributed by atoms with Crippen LogP contribution in [-0.2, 0) is 11.8 Å². The van der Waals surface area contributed by atoms with Crippen LogP contribution >= 0.6 is 34.4 Å². The minimum atomic E-state index is -0.543. The van der Waals surface area contributed by atoms with Crippen molar-refractivity contribution in [3.8, 4) is 0 Å². The number of aromatic nitrogens is 3. The maximum absolute atomic E-state index is 12.8. The molecule has 2 N–H and O–H groups in total. The van der Waals surface area contributed by atoms with Gasteiger partial charge >= 0.3 is 0 Å². The van der Waals surface area contributed by atoms with Crippen LogP contribution in [0.3, 0.4) is 0 Å². The van der Waals surface area contributed by atoms with Gasteiger partial charge in [0.15, 0.2) is 11.0 Å². The van der Waals surface area contributed by atoms with Crippen LogP contribution in [0.15, 0.2) is 47.6 Å². The summed E-state index contributed by atoms with van der Waals surface area (Å²) in [6, 6.07) is 10.9. The van der Waals surface area contributed by atoms with Crippen LogP contribution in [0, 0.1) is 26.5 Å². The highest BCUT2D eigenvalue weighted by molar-refractivity contribution is 14.1. The first kappa shape index (κ1) is 26.6. The molecule has 12 heteroatoms. The van der Waals surface area contributed by atoms with E-state index in [0.717, 1.165) is 14.8 Å². The van der Waals surface area contributed by atoms with Gasteiger partial charge in [-0.25, -0.2) is 0 Å². The van der Waals surface area contributed by atoms with E-state index in [2.05, 4.69) is 43.4 Å². The Hall–Kier alpha value is -3.00. The molecule has 3 rings (SSSR count). The zero-order chi connectivity index (χ0) is 25.7. The van der Waals surface area contributed by atoms with Crippen molar-refractivity contribution in [2.75, 3.05) is 11.1 Å². The summed E-state index contributed by atoms with van der Waals surface area (Å²) in [4.78, 5) is 35.8. The van der Waals surface area contributed by atoms with E-state index in [0.29, 0.717) is 11.0 Å². The second kappa shape index (κ2) is 11.6. The standard InChI is InChI=1S/C23H25IN6O4S/c1-13(2)20(26-22(32)15-6-5-7-17(11-15)30(33)34)21-27-28-23(29(21)4)35-12-19(31)25-18-9-8-16(24)10-14(18)3/h5-11,13,20H,12H2,1-4H3,(H,25,31)(H,26,32)/t20-/m0/s1. The average Bonchev–Trinajstić information content (AvgIpc) is 3.17. The lowest BCUT2D eigenvalue weighted by molar-refractivity contribution is -0.384. The molecule has 10 nitrogen and oxygen atoms in total. The number of non-ortho nitro benzene ring substituents is 1. The van der Waals surface area contributed by atoms with Gasteiger partial charge < -0.3 is 15.2 Å². The van der Waals surface area contributed by atoms with Gasteiger partial charge in [0.2, 0.25) is 5.91 Å². The molecule has 0 aliphatic carbocycles. The van der Waals surface area contributed by atoms with Gasteiger partial charge in [0.05, 0.1) is 16.7 Å². The minimum Gasteiger partial charge on any atom is -0.342 e. The number of rotatable bonds is 9. The molecule has 0 aliphatic heterocycles. The van der Waals surface area contributed by atoms with Gasteiger partial charge in [0.25, 0.3) is 11.6 Å². The number of carbonyl (C=O) groups is 2. The number of nitro benzene ring substituents is 1. The Labute approximate surface area is 220 Å². The highest BCUT2D eigenvalue weighted by atomic mass is 127. The Kier molecular flexibility index (Phi) is 8.83. The molecule has 2 amide bonds. The second-order valence-electron chi connectivity index (χ2n) is 8.20. The molecule has 0 fully saturated rings. The summed E-state index contributed by atoms with van der Waals surface area (Å²) < 4.78 is 2.84. The Bertz CT molecular complexity index is 1260. The molecule has 0 bridgehead atoms. The topological polar surface area (TPSA) is 132 Å². The van der Waals surface area contributed by atoms with Crippen LogP contribution in [0.2, 0.25) is 0 Å². The fourth-order valence-electron chi connectivity index (χ4n) is 3.32. The third kappa shape index (κ3) is 6.78. The molecule has 0 unspecified atom stereocenters. The molecular weight excluding hydrogens is 583 g/mol. The molecule has 184 valence electrons. The van der Waals surface area contributed by atoms with Crippen LogP contribution in [0.1, 0.15) is 41.6 Å². The maximum Gasteiger partial charge on any atom is 0.270 e. The van der Waals surface area contributed by atoms with Gasteiger partial charge in [0, 0.05) is 34.0 Å². The lowest BCUT2D eigenvalue weighted by atomic mass is 10.0. The summed E-state index contributed by atoms with van der Waals surface area (Å²) in [5.41, 5.74) is 1.77. The number of hydrogen-bond acceptors (Lipinski definition) is 7. The van der Waals surface area contributed by atoms with Gasteiger partial charge in [-0.2, -0.15) is 0 Å². The van der Waals surface area contributed by atoms with E-state index < -0.39 is 16.9 Å². The number of hydrogen-bond donors (Lipinski definition) is 2. The summed E-state index contributed by atoms with van der Waals surface area (Å²) in [7, 11) is 1.77. The Morgan fingerprint density at radius 2 is 1.94 bits per heavy atom. The van der Waals surface area contributed by atoms with Gasteiger partial charge in [-0.1, -0.05) is 31.7 Å². The number of anilines is 1. The lowest BCUT2D eigenvalue weighted by Gasteiger charge is -2.21. The number of thioether (sulfide) groups is 1. The van der Waals surface area contributed by atoms with Crippen molar-refractivity contribution >= 4 is 57.5 Å². The molecule has 1 aromatic heterocycles. The summed E-state index contributed by atoms with van der Waals surface area (Å²) >= 11 is 3.46. The van der Waals surface area contributed by atoms with Gasteiger partial charge in [0.1, 0.15) is 0 Å². The Morgan fingerprint density at radius 3 is 2.60 bits per heavy atom. The molecule has 2 aromatic carbocycles. The van der Waals surface area contributed by atoms with E-state index >= 15 is 0 Å². The molecular formula is C23H25IN6O4S. The first-order chi connectivity index (χ1) is 16.6. The average molecular weight is 608 g/mol. The summed E-state index contributed by atoms with van der Waals surface area (Å²) in [6.07, 6.45) is 0. The predicted octanol–water partition coefficient (Wildman–Crippen LogP) is 4.49. The number of benzene rings is 2. The zero-order valence-corrected chi connectivity index (χ0v) is 22.6. The maximum atomic E-state index is 12.8.